The predicted octanol–water partition coefficient (Wildman–Crippen LogP) is 9.06. The fourth-order valence-corrected chi connectivity index (χ4v) is 5.69. The maximum atomic E-state index is 5.91. The van der Waals surface area contributed by atoms with Gasteiger partial charge in [-0.1, -0.05) is 100.0 Å². The Bertz CT molecular complexity index is 1220. The van der Waals surface area contributed by atoms with E-state index < -0.39 is 0 Å². The van der Waals surface area contributed by atoms with Crippen molar-refractivity contribution in [2.75, 3.05) is 11.5 Å². The lowest BCUT2D eigenvalue weighted by molar-refractivity contribution is 0.609. The smallest absolute Gasteiger partial charge is 0.0314 e. The standard InChI is InChI=1S/C35H42N2/c1-4-7-31(26-12-14-28(15-13-26)35(6-3)30-18-22-33(37)23-19-30)24-25-8-10-27(11-9-25)34(5-2)29-16-20-32(36)21-17-29/h8-23,31,34-35H,4-7,24,36-37H2,1-3H3. The van der Waals surface area contributed by atoms with Gasteiger partial charge in [-0.15, -0.1) is 0 Å². The Kier molecular flexibility index (Phi) is 9.06. The molecule has 0 aliphatic carbocycles. The van der Waals surface area contributed by atoms with Gasteiger partial charge >= 0.3 is 0 Å². The first-order valence-electron chi connectivity index (χ1n) is 13.9. The van der Waals surface area contributed by atoms with Crippen molar-refractivity contribution in [2.24, 2.45) is 0 Å². The maximum absolute atomic E-state index is 5.91. The molecule has 2 heteroatoms. The lowest BCUT2D eigenvalue weighted by atomic mass is 9.84. The summed E-state index contributed by atoms with van der Waals surface area (Å²) in [5.41, 5.74) is 21.7. The average Bonchev–Trinajstić information content (AvgIpc) is 2.93. The number of hydrogen-bond acceptors (Lipinski definition) is 2. The van der Waals surface area contributed by atoms with Crippen molar-refractivity contribution < 1.29 is 0 Å². The van der Waals surface area contributed by atoms with Gasteiger partial charge in [0.2, 0.25) is 0 Å². The largest absolute Gasteiger partial charge is 0.399 e. The van der Waals surface area contributed by atoms with Gasteiger partial charge in [-0.2, -0.15) is 0 Å². The molecule has 0 heterocycles. The van der Waals surface area contributed by atoms with Gasteiger partial charge in [0.15, 0.2) is 0 Å². The molecule has 3 atom stereocenters. The Hall–Kier alpha value is -3.52. The highest BCUT2D eigenvalue weighted by molar-refractivity contribution is 5.44. The zero-order chi connectivity index (χ0) is 26.2. The molecule has 0 radical (unpaired) electrons. The quantitative estimate of drug-likeness (QED) is 0.206. The normalized spacial score (nSPS) is 13.7. The minimum atomic E-state index is 0.402. The van der Waals surface area contributed by atoms with Crippen LogP contribution in [-0.2, 0) is 6.42 Å². The van der Waals surface area contributed by atoms with Crippen LogP contribution in [0.15, 0.2) is 97.1 Å². The van der Waals surface area contributed by atoms with Crippen molar-refractivity contribution in [2.45, 2.75) is 70.6 Å². The Morgan fingerprint density at radius 3 is 1.22 bits per heavy atom. The van der Waals surface area contributed by atoms with Crippen LogP contribution < -0.4 is 11.5 Å². The average molecular weight is 491 g/mol. The van der Waals surface area contributed by atoms with Gasteiger partial charge in [0.05, 0.1) is 0 Å². The van der Waals surface area contributed by atoms with Gasteiger partial charge in [-0.25, -0.2) is 0 Å². The molecule has 4 aromatic carbocycles. The number of hydrogen-bond donors (Lipinski definition) is 2. The number of nitrogens with two attached hydrogens (primary N) is 2. The topological polar surface area (TPSA) is 52.0 Å². The molecule has 0 saturated heterocycles. The van der Waals surface area contributed by atoms with Gasteiger partial charge in [0.1, 0.15) is 0 Å². The van der Waals surface area contributed by atoms with Gasteiger partial charge < -0.3 is 11.5 Å². The van der Waals surface area contributed by atoms with Crippen LogP contribution in [0, 0.1) is 0 Å². The Morgan fingerprint density at radius 1 is 0.486 bits per heavy atom. The van der Waals surface area contributed by atoms with Crippen molar-refractivity contribution in [1.82, 2.24) is 0 Å². The van der Waals surface area contributed by atoms with Gasteiger partial charge in [-0.3, -0.25) is 0 Å². The highest BCUT2D eigenvalue weighted by Crippen LogP contribution is 2.33. The fourth-order valence-electron chi connectivity index (χ4n) is 5.69. The third kappa shape index (κ3) is 6.63. The first kappa shape index (κ1) is 26.5. The molecule has 0 aromatic heterocycles. The van der Waals surface area contributed by atoms with Crippen LogP contribution >= 0.6 is 0 Å². The van der Waals surface area contributed by atoms with Crippen molar-refractivity contribution in [1.29, 1.82) is 0 Å². The van der Waals surface area contributed by atoms with Crippen LogP contribution in [0.4, 0.5) is 11.4 Å². The molecule has 37 heavy (non-hydrogen) atoms. The number of anilines is 2. The van der Waals surface area contributed by atoms with Gasteiger partial charge in [0, 0.05) is 23.2 Å². The van der Waals surface area contributed by atoms with E-state index in [1.165, 1.54) is 46.2 Å². The second-order valence-corrected chi connectivity index (χ2v) is 10.4. The van der Waals surface area contributed by atoms with Crippen LogP contribution in [-0.4, -0.2) is 0 Å². The lowest BCUT2D eigenvalue weighted by Gasteiger charge is -2.21. The molecule has 0 saturated carbocycles. The summed E-state index contributed by atoms with van der Waals surface area (Å²) in [6.45, 7) is 6.80. The SMILES string of the molecule is CCCC(Cc1ccc(C(CC)c2ccc(N)cc2)cc1)c1ccc(C(CC)c2ccc(N)cc2)cc1. The molecule has 0 fully saturated rings. The van der Waals surface area contributed by atoms with Gasteiger partial charge in [-0.05, 0) is 89.2 Å². The summed E-state index contributed by atoms with van der Waals surface area (Å²) >= 11 is 0. The molecule has 4 rings (SSSR count). The minimum Gasteiger partial charge on any atom is -0.399 e. The van der Waals surface area contributed by atoms with E-state index in [9.17, 15) is 0 Å². The summed E-state index contributed by atoms with van der Waals surface area (Å²) < 4.78 is 0. The molecule has 2 nitrogen and oxygen atoms in total. The molecular weight excluding hydrogens is 448 g/mol. The summed E-state index contributed by atoms with van der Waals surface area (Å²) in [4.78, 5) is 0. The Labute approximate surface area is 223 Å². The molecule has 0 aliphatic heterocycles. The van der Waals surface area contributed by atoms with E-state index in [-0.39, 0.29) is 0 Å². The minimum absolute atomic E-state index is 0.402. The van der Waals surface area contributed by atoms with Crippen molar-refractivity contribution in [3.8, 4) is 0 Å². The highest BCUT2D eigenvalue weighted by atomic mass is 14.5. The van der Waals surface area contributed by atoms with Crippen molar-refractivity contribution in [3.05, 3.63) is 130 Å². The Morgan fingerprint density at radius 2 is 0.838 bits per heavy atom. The first-order valence-corrected chi connectivity index (χ1v) is 13.9. The molecule has 192 valence electrons. The number of rotatable bonds is 11. The van der Waals surface area contributed by atoms with E-state index in [1.807, 2.05) is 24.3 Å². The second-order valence-electron chi connectivity index (χ2n) is 10.4. The van der Waals surface area contributed by atoms with E-state index in [0.29, 0.717) is 17.8 Å². The first-order chi connectivity index (χ1) is 18.0. The van der Waals surface area contributed by atoms with Crippen LogP contribution in [0.2, 0.25) is 0 Å². The summed E-state index contributed by atoms with van der Waals surface area (Å²) in [7, 11) is 0. The predicted molar refractivity (Wildman–Crippen MR) is 160 cm³/mol. The molecule has 0 amide bonds. The zero-order valence-corrected chi connectivity index (χ0v) is 22.7. The maximum Gasteiger partial charge on any atom is 0.0314 e. The van der Waals surface area contributed by atoms with E-state index in [0.717, 1.165) is 30.6 Å². The molecule has 4 aromatic rings. The zero-order valence-electron chi connectivity index (χ0n) is 22.7. The van der Waals surface area contributed by atoms with E-state index >= 15 is 0 Å². The third-order valence-electron chi connectivity index (χ3n) is 7.81. The summed E-state index contributed by atoms with van der Waals surface area (Å²) in [6.07, 6.45) is 5.59. The van der Waals surface area contributed by atoms with Gasteiger partial charge in [0.25, 0.3) is 0 Å². The molecule has 4 N–H and O–H groups in total. The van der Waals surface area contributed by atoms with E-state index in [1.54, 1.807) is 0 Å². The molecule has 0 spiro atoms. The van der Waals surface area contributed by atoms with E-state index in [2.05, 4.69) is 93.6 Å². The summed E-state index contributed by atoms with van der Waals surface area (Å²) in [5, 5.41) is 0. The van der Waals surface area contributed by atoms with Crippen LogP contribution in [0.1, 0.15) is 97.6 Å². The number of nitrogen functional groups attached to an aromatic ring is 2. The molecule has 0 aliphatic rings. The van der Waals surface area contributed by atoms with Crippen LogP contribution in [0.5, 0.6) is 0 Å². The van der Waals surface area contributed by atoms with Crippen LogP contribution in [0.25, 0.3) is 0 Å². The second kappa shape index (κ2) is 12.6. The highest BCUT2D eigenvalue weighted by Gasteiger charge is 2.17. The van der Waals surface area contributed by atoms with Crippen molar-refractivity contribution >= 4 is 11.4 Å². The fraction of sp³-hybridized carbons (Fsp3) is 0.314. The van der Waals surface area contributed by atoms with E-state index in [4.69, 9.17) is 11.5 Å². The molecule has 0 bridgehead atoms. The van der Waals surface area contributed by atoms with Crippen LogP contribution in [0.3, 0.4) is 0 Å². The Balaban J connectivity index is 1.49. The third-order valence-corrected chi connectivity index (χ3v) is 7.81. The molecule has 3 unspecified atom stereocenters. The number of benzene rings is 4. The molecular formula is C35H42N2. The monoisotopic (exact) mass is 490 g/mol. The lowest BCUT2D eigenvalue weighted by Crippen LogP contribution is -2.05. The summed E-state index contributed by atoms with van der Waals surface area (Å²) in [5.74, 6) is 1.33. The van der Waals surface area contributed by atoms with Crippen molar-refractivity contribution in [3.63, 3.8) is 0 Å². The summed E-state index contributed by atoms with van der Waals surface area (Å²) in [6, 6.07) is 35.4.